The molecule has 57 heavy (non-hydrogen) atoms. The van der Waals surface area contributed by atoms with Gasteiger partial charge in [0.25, 0.3) is 0 Å². The molecule has 2 saturated heterocycles. The third-order valence-corrected chi connectivity index (χ3v) is 11.1. The Labute approximate surface area is 341 Å². The Morgan fingerprint density at radius 1 is 0.632 bits per heavy atom. The minimum absolute atomic E-state index is 0.562. The first-order chi connectivity index (χ1) is 27.9. The molecule has 8 heterocycles. The second-order valence-electron chi connectivity index (χ2n) is 14.5. The molecule has 12 heteroatoms. The first-order valence-corrected chi connectivity index (χ1v) is 20.3. The molecular weight excluding hydrogens is 774 g/mol. The highest BCUT2D eigenvalue weighted by Gasteiger charge is 2.22. The van der Waals surface area contributed by atoms with Gasteiger partial charge in [0.05, 0.1) is 15.9 Å². The van der Waals surface area contributed by atoms with Crippen LogP contribution in [0, 0.1) is 0 Å². The maximum Gasteiger partial charge on any atom is 0.167 e. The van der Waals surface area contributed by atoms with E-state index in [1.165, 1.54) is 25.7 Å². The summed E-state index contributed by atoms with van der Waals surface area (Å²) in [6.45, 7) is 6.72. The van der Waals surface area contributed by atoms with Gasteiger partial charge in [-0.05, 0) is 91.9 Å². The van der Waals surface area contributed by atoms with Crippen molar-refractivity contribution in [1.29, 1.82) is 0 Å². The van der Waals surface area contributed by atoms with Crippen LogP contribution in [0.5, 0.6) is 0 Å². The second kappa shape index (κ2) is 17.3. The number of nitrogens with zero attached hydrogens (tertiary/aromatic N) is 10. The number of anilines is 3. The molecular formula is C45H46BrN11. The van der Waals surface area contributed by atoms with Gasteiger partial charge in [-0.15, -0.1) is 0 Å². The molecule has 11 nitrogen and oxygen atoms in total. The van der Waals surface area contributed by atoms with Gasteiger partial charge in [0.2, 0.25) is 0 Å². The van der Waals surface area contributed by atoms with E-state index in [4.69, 9.17) is 15.8 Å². The molecule has 8 aromatic rings. The van der Waals surface area contributed by atoms with Gasteiger partial charge in [0.1, 0.15) is 17.5 Å². The highest BCUT2D eigenvalue weighted by Crippen LogP contribution is 2.27. The minimum atomic E-state index is 0.562. The Hall–Kier alpha value is -6.14. The Morgan fingerprint density at radius 3 is 1.75 bits per heavy atom. The summed E-state index contributed by atoms with van der Waals surface area (Å²) in [4.78, 5) is 22.7. The Bertz CT molecular complexity index is 2550. The molecule has 288 valence electrons. The van der Waals surface area contributed by atoms with E-state index >= 15 is 0 Å². The number of hydrogen-bond acceptors (Lipinski definition) is 9. The molecule has 0 bridgehead atoms. The molecule has 0 unspecified atom stereocenters. The largest absolute Gasteiger partial charge is 0.384 e. The average Bonchev–Trinajstić information content (AvgIpc) is 4.08. The topological polar surface area (TPSA) is 119 Å². The predicted octanol–water partition coefficient (Wildman–Crippen LogP) is 9.18. The monoisotopic (exact) mass is 819 g/mol. The van der Waals surface area contributed by atoms with Crippen molar-refractivity contribution < 1.29 is 0 Å². The van der Waals surface area contributed by atoms with Gasteiger partial charge in [-0.1, -0.05) is 72.8 Å². The molecule has 2 aliphatic heterocycles. The average molecular weight is 821 g/mol. The third kappa shape index (κ3) is 8.81. The molecule has 0 amide bonds. The van der Waals surface area contributed by atoms with Crippen molar-refractivity contribution in [3.63, 3.8) is 0 Å². The van der Waals surface area contributed by atoms with Crippen LogP contribution in [0.1, 0.15) is 50.8 Å². The van der Waals surface area contributed by atoms with Crippen molar-refractivity contribution in [2.75, 3.05) is 28.6 Å². The van der Waals surface area contributed by atoms with Crippen LogP contribution in [0.25, 0.3) is 33.8 Å². The Kier molecular flexibility index (Phi) is 11.5. The number of aromatic nitrogens is 8. The van der Waals surface area contributed by atoms with Gasteiger partial charge in [-0.25, -0.2) is 29.0 Å². The van der Waals surface area contributed by atoms with Crippen LogP contribution in [-0.4, -0.2) is 64.3 Å². The molecule has 0 saturated carbocycles. The number of fused-ring (bicyclic) bond motifs is 2. The zero-order valence-electron chi connectivity index (χ0n) is 32.2. The van der Waals surface area contributed by atoms with Crippen LogP contribution in [-0.2, 0) is 6.42 Å². The number of benzene rings is 2. The molecule has 6 aromatic heterocycles. The van der Waals surface area contributed by atoms with Crippen LogP contribution in [0.3, 0.4) is 0 Å². The van der Waals surface area contributed by atoms with Crippen LogP contribution in [0.15, 0.2) is 138 Å². The van der Waals surface area contributed by atoms with Crippen molar-refractivity contribution in [3.05, 3.63) is 150 Å². The van der Waals surface area contributed by atoms with E-state index in [0.717, 1.165) is 80.7 Å². The molecule has 0 aliphatic carbocycles. The van der Waals surface area contributed by atoms with Crippen molar-refractivity contribution >= 4 is 44.7 Å². The fourth-order valence-corrected chi connectivity index (χ4v) is 8.06. The summed E-state index contributed by atoms with van der Waals surface area (Å²) < 4.78 is 4.59. The lowest BCUT2D eigenvalue weighted by atomic mass is 10.1. The summed E-state index contributed by atoms with van der Waals surface area (Å²) in [6, 6.07) is 37.8. The van der Waals surface area contributed by atoms with Crippen LogP contribution >= 0.6 is 15.9 Å². The van der Waals surface area contributed by atoms with E-state index < -0.39 is 0 Å². The summed E-state index contributed by atoms with van der Waals surface area (Å²) >= 11 is 3.50. The van der Waals surface area contributed by atoms with Gasteiger partial charge in [-0.3, -0.25) is 0 Å². The lowest BCUT2D eigenvalue weighted by Gasteiger charge is -2.23. The minimum Gasteiger partial charge on any atom is -0.384 e. The van der Waals surface area contributed by atoms with E-state index in [2.05, 4.69) is 96.0 Å². The first kappa shape index (κ1) is 37.8. The fourth-order valence-electron chi connectivity index (χ4n) is 7.56. The number of pyridine rings is 2. The van der Waals surface area contributed by atoms with E-state index in [1.54, 1.807) is 16.9 Å². The molecule has 0 spiro atoms. The molecule has 2 N–H and O–H groups in total. The number of nitrogens with two attached hydrogens (primary N) is 1. The van der Waals surface area contributed by atoms with Crippen LogP contribution in [0.4, 0.5) is 17.5 Å². The molecule has 10 rings (SSSR count). The Balaban J connectivity index is 0.000000132. The number of rotatable bonds is 6. The fraction of sp³-hybridized carbons (Fsp3) is 0.244. The van der Waals surface area contributed by atoms with Crippen molar-refractivity contribution in [3.8, 4) is 22.5 Å². The van der Waals surface area contributed by atoms with Gasteiger partial charge in [-0.2, -0.15) is 10.2 Å². The Morgan fingerprint density at radius 2 is 1.18 bits per heavy atom. The summed E-state index contributed by atoms with van der Waals surface area (Å²) in [7, 11) is 0. The van der Waals surface area contributed by atoms with E-state index in [0.29, 0.717) is 17.9 Å². The number of hydrogen-bond donors (Lipinski definition) is 1. The zero-order chi connectivity index (χ0) is 39.1. The maximum absolute atomic E-state index is 5.63. The lowest BCUT2D eigenvalue weighted by Crippen LogP contribution is -2.27. The third-order valence-electron chi connectivity index (χ3n) is 10.5. The predicted molar refractivity (Wildman–Crippen MR) is 232 cm³/mol. The van der Waals surface area contributed by atoms with Crippen molar-refractivity contribution in [1.82, 2.24) is 39.2 Å². The number of nitrogen functional groups attached to an aromatic ring is 1. The summed E-state index contributed by atoms with van der Waals surface area (Å²) in [6.07, 6.45) is 13.0. The standard InChI is InChI=1S/C23H23N5.C12H8BrN3.C10H15N3/c1-17-7-6-13-27(17)22-11-5-10-20(25-22)15-19-16-21(18-8-3-2-4-9-18)26-28-14-12-24-23(19)28;13-10-8-11(9-4-2-1-3-5-9)15-16-7-6-14-12(10)16;1-8-4-3-7-13(8)10-6-2-5-9(11)12-10/h2-5,8-12,14,16-17H,6-7,13,15H2,1H3;1-8H;2,5-6,8H,3-4,7H2,1H3,(H2,11,12)/t17-;;8-/m0.0/s1. The van der Waals surface area contributed by atoms with Crippen molar-refractivity contribution in [2.45, 2.75) is 58.0 Å². The molecule has 2 aliphatic rings. The normalized spacial score (nSPS) is 16.3. The van der Waals surface area contributed by atoms with Crippen LogP contribution in [0.2, 0.25) is 0 Å². The lowest BCUT2D eigenvalue weighted by molar-refractivity contribution is 0.725. The highest BCUT2D eigenvalue weighted by molar-refractivity contribution is 9.10. The first-order valence-electron chi connectivity index (χ1n) is 19.6. The summed E-state index contributed by atoms with van der Waals surface area (Å²) in [5, 5.41) is 9.21. The molecule has 2 aromatic carbocycles. The molecule has 2 atom stereocenters. The molecule has 0 radical (unpaired) electrons. The second-order valence-corrected chi connectivity index (χ2v) is 15.4. The van der Waals surface area contributed by atoms with Gasteiger partial charge >= 0.3 is 0 Å². The SMILES string of the molecule is Brc1cc(-c2ccccc2)nn2ccnc12.C[C@H]1CCCN1c1cccc(Cc2cc(-c3ccccc3)nn3ccnc23)n1.C[C@H]1CCCN1c1cccc(N)n1. The smallest absolute Gasteiger partial charge is 0.167 e. The van der Waals surface area contributed by atoms with Gasteiger partial charge < -0.3 is 15.5 Å². The van der Waals surface area contributed by atoms with Crippen LogP contribution < -0.4 is 15.5 Å². The van der Waals surface area contributed by atoms with E-state index in [1.807, 2.05) is 89.7 Å². The number of halogens is 1. The van der Waals surface area contributed by atoms with Gasteiger partial charge in [0.15, 0.2) is 11.3 Å². The van der Waals surface area contributed by atoms with Crippen molar-refractivity contribution in [2.24, 2.45) is 0 Å². The summed E-state index contributed by atoms with van der Waals surface area (Å²) in [5.74, 6) is 2.71. The summed E-state index contributed by atoms with van der Waals surface area (Å²) in [5.41, 5.74) is 13.6. The number of imidazole rings is 2. The zero-order valence-corrected chi connectivity index (χ0v) is 33.8. The van der Waals surface area contributed by atoms with E-state index in [-0.39, 0.29) is 0 Å². The quantitative estimate of drug-likeness (QED) is 0.175. The maximum atomic E-state index is 5.63. The van der Waals surface area contributed by atoms with Gasteiger partial charge in [0, 0.05) is 78.8 Å². The molecule has 2 fully saturated rings. The highest BCUT2D eigenvalue weighted by atomic mass is 79.9. The van der Waals surface area contributed by atoms with E-state index in [9.17, 15) is 0 Å².